The van der Waals surface area contributed by atoms with Gasteiger partial charge in [0.1, 0.15) is 12.7 Å². The molecule has 0 aromatic heterocycles. The molecule has 1 heterocycles. The standard InChI is InChI=1S/C14H12O3/c1-3-11-6-5-7-14(4-2,8-11)13(15)17-10-12-9-16-12/h1-2,5-7,12H,8-10H2. The Labute approximate surface area is 100 Å². The van der Waals surface area contributed by atoms with Crippen LogP contribution in [-0.2, 0) is 14.3 Å². The Morgan fingerprint density at radius 2 is 2.41 bits per heavy atom. The first kappa shape index (κ1) is 11.5. The van der Waals surface area contributed by atoms with Gasteiger partial charge in [0, 0.05) is 12.0 Å². The molecule has 1 aliphatic carbocycles. The molecule has 17 heavy (non-hydrogen) atoms. The maximum absolute atomic E-state index is 12.0. The van der Waals surface area contributed by atoms with Gasteiger partial charge in [0.2, 0.25) is 0 Å². The Hall–Kier alpha value is -1.97. The third-order valence-electron chi connectivity index (χ3n) is 2.76. The quantitative estimate of drug-likeness (QED) is 0.412. The second-order valence-electron chi connectivity index (χ2n) is 4.04. The van der Waals surface area contributed by atoms with E-state index in [9.17, 15) is 4.79 Å². The van der Waals surface area contributed by atoms with Crippen LogP contribution < -0.4 is 0 Å². The minimum atomic E-state index is -1.06. The van der Waals surface area contributed by atoms with Crippen LogP contribution >= 0.6 is 0 Å². The maximum Gasteiger partial charge on any atom is 0.328 e. The first-order chi connectivity index (χ1) is 8.20. The molecule has 86 valence electrons. The van der Waals surface area contributed by atoms with Crippen LogP contribution in [0.15, 0.2) is 23.8 Å². The minimum Gasteiger partial charge on any atom is -0.461 e. The topological polar surface area (TPSA) is 38.8 Å². The average molecular weight is 228 g/mol. The zero-order valence-electron chi connectivity index (χ0n) is 9.31. The van der Waals surface area contributed by atoms with Crippen molar-refractivity contribution in [1.29, 1.82) is 0 Å². The van der Waals surface area contributed by atoms with Gasteiger partial charge in [0.05, 0.1) is 6.61 Å². The van der Waals surface area contributed by atoms with E-state index in [-0.39, 0.29) is 12.7 Å². The molecule has 3 heteroatoms. The van der Waals surface area contributed by atoms with Gasteiger partial charge in [0.15, 0.2) is 5.41 Å². The molecule has 2 rings (SSSR count). The van der Waals surface area contributed by atoms with Crippen LogP contribution in [0.1, 0.15) is 6.42 Å². The molecule has 0 radical (unpaired) electrons. The monoisotopic (exact) mass is 228 g/mol. The Bertz CT molecular complexity index is 469. The van der Waals surface area contributed by atoms with Gasteiger partial charge in [-0.05, 0) is 0 Å². The molecule has 0 spiro atoms. The second kappa shape index (κ2) is 4.49. The highest BCUT2D eigenvalue weighted by atomic mass is 16.6. The maximum atomic E-state index is 12.0. The molecule has 0 amide bonds. The predicted octanol–water partition coefficient (Wildman–Crippen LogP) is 1.07. The van der Waals surface area contributed by atoms with E-state index < -0.39 is 11.4 Å². The highest BCUT2D eigenvalue weighted by Crippen LogP contribution is 2.32. The van der Waals surface area contributed by atoms with Gasteiger partial charge in [-0.3, -0.25) is 4.79 Å². The minimum absolute atomic E-state index is 0.0315. The summed E-state index contributed by atoms with van der Waals surface area (Å²) < 4.78 is 10.1. The van der Waals surface area contributed by atoms with Crippen LogP contribution in [0.3, 0.4) is 0 Å². The van der Waals surface area contributed by atoms with E-state index in [0.717, 1.165) is 0 Å². The van der Waals surface area contributed by atoms with E-state index in [1.165, 1.54) is 0 Å². The number of epoxide rings is 1. The largest absolute Gasteiger partial charge is 0.461 e. The smallest absolute Gasteiger partial charge is 0.328 e. The average Bonchev–Trinajstić information content (AvgIpc) is 3.19. The lowest BCUT2D eigenvalue weighted by molar-refractivity contribution is -0.150. The number of hydrogen-bond donors (Lipinski definition) is 0. The van der Waals surface area contributed by atoms with Gasteiger partial charge in [0.25, 0.3) is 0 Å². The van der Waals surface area contributed by atoms with Gasteiger partial charge >= 0.3 is 5.97 Å². The third kappa shape index (κ3) is 2.41. The molecular formula is C14H12O3. The van der Waals surface area contributed by atoms with Gasteiger partial charge in [-0.1, -0.05) is 30.1 Å². The summed E-state index contributed by atoms with van der Waals surface area (Å²) in [6, 6.07) is 0. The molecule has 0 aromatic carbocycles. The van der Waals surface area contributed by atoms with Crippen molar-refractivity contribution < 1.29 is 14.3 Å². The molecule has 3 nitrogen and oxygen atoms in total. The van der Waals surface area contributed by atoms with E-state index >= 15 is 0 Å². The van der Waals surface area contributed by atoms with Crippen molar-refractivity contribution in [2.45, 2.75) is 12.5 Å². The number of terminal acetylenes is 2. The van der Waals surface area contributed by atoms with Crippen LogP contribution in [0.5, 0.6) is 0 Å². The summed E-state index contributed by atoms with van der Waals surface area (Å²) in [6.07, 6.45) is 16.2. The van der Waals surface area contributed by atoms with E-state index in [1.807, 2.05) is 0 Å². The van der Waals surface area contributed by atoms with E-state index in [0.29, 0.717) is 18.6 Å². The number of carbonyl (C=O) groups excluding carboxylic acids is 1. The molecule has 0 aromatic rings. The van der Waals surface area contributed by atoms with Crippen molar-refractivity contribution in [3.63, 3.8) is 0 Å². The van der Waals surface area contributed by atoms with E-state index in [1.54, 1.807) is 18.2 Å². The third-order valence-corrected chi connectivity index (χ3v) is 2.76. The first-order valence-electron chi connectivity index (χ1n) is 5.32. The highest BCUT2D eigenvalue weighted by Gasteiger charge is 2.38. The van der Waals surface area contributed by atoms with E-state index in [4.69, 9.17) is 22.3 Å². The summed E-state index contributed by atoms with van der Waals surface area (Å²) in [5.74, 6) is 4.56. The van der Waals surface area contributed by atoms with Gasteiger partial charge in [-0.15, -0.1) is 12.8 Å². The molecule has 1 fully saturated rings. The Kier molecular flexibility index (Phi) is 3.04. The zero-order valence-corrected chi connectivity index (χ0v) is 9.31. The SMILES string of the molecule is C#CC1=CC=CC(C#C)(C(=O)OCC2CO2)C1. The predicted molar refractivity (Wildman–Crippen MR) is 62.6 cm³/mol. The van der Waals surface area contributed by atoms with Crippen molar-refractivity contribution in [2.24, 2.45) is 5.41 Å². The van der Waals surface area contributed by atoms with Crippen molar-refractivity contribution in [2.75, 3.05) is 13.2 Å². The molecule has 2 aliphatic rings. The summed E-state index contributed by atoms with van der Waals surface area (Å²) in [5.41, 5.74) is -0.365. The fourth-order valence-electron chi connectivity index (χ4n) is 1.61. The molecule has 1 aliphatic heterocycles. The molecular weight excluding hydrogens is 216 g/mol. The van der Waals surface area contributed by atoms with Crippen molar-refractivity contribution in [3.05, 3.63) is 23.8 Å². The summed E-state index contributed by atoms with van der Waals surface area (Å²) in [7, 11) is 0. The zero-order chi connectivity index (χ0) is 12.3. The number of rotatable bonds is 3. The number of allylic oxidation sites excluding steroid dienone is 3. The molecule has 0 N–H and O–H groups in total. The highest BCUT2D eigenvalue weighted by molar-refractivity contribution is 5.84. The Balaban J connectivity index is 2.07. The van der Waals surface area contributed by atoms with Crippen molar-refractivity contribution in [1.82, 2.24) is 0 Å². The Morgan fingerprint density at radius 1 is 1.65 bits per heavy atom. The summed E-state index contributed by atoms with van der Waals surface area (Å²) in [6.45, 7) is 0.896. The molecule has 0 bridgehead atoms. The number of esters is 1. The number of carbonyl (C=O) groups is 1. The number of ether oxygens (including phenoxy) is 2. The first-order valence-corrected chi connectivity index (χ1v) is 5.32. The lowest BCUT2D eigenvalue weighted by Crippen LogP contribution is -2.32. The summed E-state index contributed by atoms with van der Waals surface area (Å²) >= 11 is 0. The lowest BCUT2D eigenvalue weighted by atomic mass is 9.79. The van der Waals surface area contributed by atoms with Crippen molar-refractivity contribution >= 4 is 5.97 Å². The van der Waals surface area contributed by atoms with Crippen LogP contribution in [-0.4, -0.2) is 25.3 Å². The van der Waals surface area contributed by atoms with Gasteiger partial charge in [-0.2, -0.15) is 0 Å². The molecule has 0 saturated carbocycles. The number of hydrogen-bond acceptors (Lipinski definition) is 3. The lowest BCUT2D eigenvalue weighted by Gasteiger charge is -2.24. The van der Waals surface area contributed by atoms with Crippen LogP contribution in [0.2, 0.25) is 0 Å². The molecule has 2 atom stereocenters. The van der Waals surface area contributed by atoms with Gasteiger partial charge < -0.3 is 9.47 Å². The van der Waals surface area contributed by atoms with Crippen LogP contribution in [0.4, 0.5) is 0 Å². The fourth-order valence-corrected chi connectivity index (χ4v) is 1.61. The summed E-state index contributed by atoms with van der Waals surface area (Å²) in [4.78, 5) is 12.0. The molecule has 2 unspecified atom stereocenters. The van der Waals surface area contributed by atoms with Crippen LogP contribution in [0, 0.1) is 30.1 Å². The molecule has 1 saturated heterocycles. The van der Waals surface area contributed by atoms with E-state index in [2.05, 4.69) is 11.8 Å². The second-order valence-corrected chi connectivity index (χ2v) is 4.04. The Morgan fingerprint density at radius 3 is 3.00 bits per heavy atom. The van der Waals surface area contributed by atoms with Gasteiger partial charge in [-0.25, -0.2) is 0 Å². The normalized spacial score (nSPS) is 29.8. The van der Waals surface area contributed by atoms with Crippen LogP contribution in [0.25, 0.3) is 0 Å². The summed E-state index contributed by atoms with van der Waals surface area (Å²) in [5, 5.41) is 0. The van der Waals surface area contributed by atoms with Crippen molar-refractivity contribution in [3.8, 4) is 24.7 Å². The fraction of sp³-hybridized carbons (Fsp3) is 0.357.